The molecular formula is C24H35NO6Si. The van der Waals surface area contributed by atoms with Crippen molar-refractivity contribution in [3.05, 3.63) is 35.9 Å². The fraction of sp³-hybridized carbons (Fsp3) is 0.667. The molecule has 0 spiro atoms. The van der Waals surface area contributed by atoms with Crippen molar-refractivity contribution in [1.29, 1.82) is 0 Å². The maximum atomic E-state index is 11.5. The predicted molar refractivity (Wildman–Crippen MR) is 121 cm³/mol. The van der Waals surface area contributed by atoms with Gasteiger partial charge in [0.15, 0.2) is 17.8 Å². The van der Waals surface area contributed by atoms with Gasteiger partial charge < -0.3 is 28.9 Å². The lowest BCUT2D eigenvalue weighted by Crippen LogP contribution is -2.44. The van der Waals surface area contributed by atoms with Gasteiger partial charge in [-0.05, 0) is 33.3 Å². The van der Waals surface area contributed by atoms with Gasteiger partial charge in [0.05, 0.1) is 6.61 Å². The second kappa shape index (κ2) is 8.49. The highest BCUT2D eigenvalue weighted by Gasteiger charge is 2.60. The standard InChI is InChI=1S/C24H35NO6Si/c1-23(2)27-15-18(29-23)19-20-21(31-24(3,4)30-20)22(28-19)25(26)17(13-14-32(5,6)7)16-11-9-8-10-12-16/h8-12,17-22,26H,15H2,1-7H3/t17?,18-,19-,20+,21+,22?/m1/s1. The van der Waals surface area contributed by atoms with Crippen LogP contribution in [0.15, 0.2) is 30.3 Å². The van der Waals surface area contributed by atoms with E-state index in [1.54, 1.807) is 0 Å². The van der Waals surface area contributed by atoms with Crippen LogP contribution in [0.1, 0.15) is 39.3 Å². The van der Waals surface area contributed by atoms with Crippen LogP contribution in [-0.4, -0.2) is 67.2 Å². The van der Waals surface area contributed by atoms with Crippen molar-refractivity contribution >= 4 is 8.07 Å². The highest BCUT2D eigenvalue weighted by molar-refractivity contribution is 6.83. The molecule has 0 bridgehead atoms. The van der Waals surface area contributed by atoms with E-state index in [9.17, 15) is 5.21 Å². The Kier molecular flexibility index (Phi) is 6.33. The van der Waals surface area contributed by atoms with Gasteiger partial charge in [-0.2, -0.15) is 0 Å². The van der Waals surface area contributed by atoms with Gasteiger partial charge in [-0.1, -0.05) is 55.9 Å². The molecule has 0 amide bonds. The molecule has 3 aliphatic heterocycles. The summed E-state index contributed by atoms with van der Waals surface area (Å²) in [6, 6.07) is 9.19. The number of nitrogens with zero attached hydrogens (tertiary/aromatic N) is 1. The summed E-state index contributed by atoms with van der Waals surface area (Å²) in [5.41, 5.74) is 4.29. The van der Waals surface area contributed by atoms with Crippen molar-refractivity contribution < 1.29 is 28.9 Å². The van der Waals surface area contributed by atoms with E-state index in [1.165, 1.54) is 5.06 Å². The number of ether oxygens (including phenoxy) is 5. The molecule has 1 aromatic rings. The Balaban J connectivity index is 1.64. The molecule has 7 nitrogen and oxygen atoms in total. The van der Waals surface area contributed by atoms with E-state index >= 15 is 0 Å². The van der Waals surface area contributed by atoms with Crippen LogP contribution in [0.4, 0.5) is 0 Å². The first-order chi connectivity index (χ1) is 14.9. The van der Waals surface area contributed by atoms with Gasteiger partial charge in [-0.15, -0.1) is 10.6 Å². The molecule has 4 rings (SSSR count). The maximum absolute atomic E-state index is 11.5. The Hall–Kier alpha value is -1.28. The fourth-order valence-electron chi connectivity index (χ4n) is 4.37. The van der Waals surface area contributed by atoms with E-state index in [0.717, 1.165) is 5.56 Å². The van der Waals surface area contributed by atoms with Gasteiger partial charge in [-0.3, -0.25) is 0 Å². The van der Waals surface area contributed by atoms with Crippen molar-refractivity contribution in [3.8, 4) is 11.5 Å². The molecule has 32 heavy (non-hydrogen) atoms. The largest absolute Gasteiger partial charge is 0.349 e. The summed E-state index contributed by atoms with van der Waals surface area (Å²) >= 11 is 0. The van der Waals surface area contributed by atoms with Gasteiger partial charge in [0.25, 0.3) is 0 Å². The number of hydrogen-bond acceptors (Lipinski definition) is 7. The monoisotopic (exact) mass is 461 g/mol. The Morgan fingerprint density at radius 3 is 2.22 bits per heavy atom. The molecule has 3 fully saturated rings. The van der Waals surface area contributed by atoms with Crippen molar-refractivity contribution in [2.24, 2.45) is 0 Å². The number of hydroxylamine groups is 2. The third kappa shape index (κ3) is 5.11. The lowest BCUT2D eigenvalue weighted by molar-refractivity contribution is -0.279. The van der Waals surface area contributed by atoms with E-state index in [4.69, 9.17) is 23.7 Å². The number of benzene rings is 1. The Bertz CT molecular complexity index is 874. The summed E-state index contributed by atoms with van der Waals surface area (Å²) in [4.78, 5) is 0. The average Bonchev–Trinajstić information content (AvgIpc) is 3.31. The summed E-state index contributed by atoms with van der Waals surface area (Å²) in [7, 11) is -1.67. The lowest BCUT2D eigenvalue weighted by atomic mass is 10.0. The molecule has 2 unspecified atom stereocenters. The minimum Gasteiger partial charge on any atom is -0.349 e. The molecule has 1 N–H and O–H groups in total. The van der Waals surface area contributed by atoms with E-state index < -0.39 is 50.2 Å². The minimum atomic E-state index is -1.67. The van der Waals surface area contributed by atoms with Crippen molar-refractivity contribution in [1.82, 2.24) is 5.06 Å². The van der Waals surface area contributed by atoms with Gasteiger partial charge in [0.1, 0.15) is 38.5 Å². The molecular weight excluding hydrogens is 426 g/mol. The molecule has 1 aromatic carbocycles. The van der Waals surface area contributed by atoms with E-state index in [0.29, 0.717) is 6.61 Å². The summed E-state index contributed by atoms with van der Waals surface area (Å²) in [6.07, 6.45) is -2.41. The molecule has 3 heterocycles. The smallest absolute Gasteiger partial charge is 0.164 e. The highest BCUT2D eigenvalue weighted by Crippen LogP contribution is 2.44. The summed E-state index contributed by atoms with van der Waals surface area (Å²) in [5, 5.41) is 12.6. The van der Waals surface area contributed by atoms with Crippen LogP contribution < -0.4 is 0 Å². The zero-order valence-electron chi connectivity index (χ0n) is 20.0. The zero-order chi connectivity index (χ0) is 23.3. The molecule has 0 aromatic heterocycles. The predicted octanol–water partition coefficient (Wildman–Crippen LogP) is 3.70. The van der Waals surface area contributed by atoms with Crippen LogP contribution >= 0.6 is 0 Å². The Morgan fingerprint density at radius 1 is 0.969 bits per heavy atom. The molecule has 0 radical (unpaired) electrons. The first-order valence-corrected chi connectivity index (χ1v) is 14.7. The van der Waals surface area contributed by atoms with Crippen LogP contribution in [0.3, 0.4) is 0 Å². The quantitative estimate of drug-likeness (QED) is 0.417. The first kappa shape index (κ1) is 23.9. The van der Waals surface area contributed by atoms with Crippen LogP contribution in [0, 0.1) is 11.5 Å². The highest BCUT2D eigenvalue weighted by atomic mass is 28.3. The molecule has 3 aliphatic rings. The second-order valence-corrected chi connectivity index (χ2v) is 15.4. The van der Waals surface area contributed by atoms with Crippen LogP contribution in [0.25, 0.3) is 0 Å². The van der Waals surface area contributed by atoms with Crippen molar-refractivity contribution in [3.63, 3.8) is 0 Å². The first-order valence-electron chi connectivity index (χ1n) is 11.2. The lowest BCUT2D eigenvalue weighted by Gasteiger charge is -2.32. The van der Waals surface area contributed by atoms with E-state index in [2.05, 4.69) is 31.1 Å². The third-order valence-corrected chi connectivity index (χ3v) is 6.58. The minimum absolute atomic E-state index is 0.323. The fourth-order valence-corrected chi connectivity index (χ4v) is 4.94. The second-order valence-electron chi connectivity index (χ2n) is 10.6. The third-order valence-electron chi connectivity index (χ3n) is 5.69. The Morgan fingerprint density at radius 2 is 1.62 bits per heavy atom. The number of fused-ring (bicyclic) bond motifs is 1. The van der Waals surface area contributed by atoms with Gasteiger partial charge >= 0.3 is 0 Å². The van der Waals surface area contributed by atoms with Crippen LogP contribution in [0.2, 0.25) is 19.6 Å². The summed E-state index contributed by atoms with van der Waals surface area (Å²) in [5.74, 6) is 1.82. The van der Waals surface area contributed by atoms with Crippen molar-refractivity contribution in [2.75, 3.05) is 6.61 Å². The zero-order valence-corrected chi connectivity index (χ0v) is 21.0. The van der Waals surface area contributed by atoms with E-state index in [-0.39, 0.29) is 6.10 Å². The normalized spacial score (nSPS) is 34.2. The maximum Gasteiger partial charge on any atom is 0.164 e. The molecule has 176 valence electrons. The molecule has 0 saturated carbocycles. The number of rotatable bonds is 4. The average molecular weight is 462 g/mol. The van der Waals surface area contributed by atoms with Gasteiger partial charge in [-0.25, -0.2) is 0 Å². The SMILES string of the molecule is CC1(C)O[C@H]2[C@@H]([C@H]3COC(C)(C)O3)OC(N(O)C(C#C[Si](C)(C)C)c3ccccc3)[C@H]2O1. The molecule has 3 saturated heterocycles. The number of hydrogen-bond donors (Lipinski definition) is 1. The summed E-state index contributed by atoms with van der Waals surface area (Å²) in [6.45, 7) is 14.4. The molecule has 0 aliphatic carbocycles. The van der Waals surface area contributed by atoms with Gasteiger partial charge in [0, 0.05) is 0 Å². The van der Waals surface area contributed by atoms with E-state index in [1.807, 2.05) is 58.0 Å². The Labute approximate surface area is 191 Å². The van der Waals surface area contributed by atoms with Crippen molar-refractivity contribution in [2.45, 2.75) is 95.6 Å². The summed E-state index contributed by atoms with van der Waals surface area (Å²) < 4.78 is 30.6. The molecule has 6 atom stereocenters. The topological polar surface area (TPSA) is 69.6 Å². The van der Waals surface area contributed by atoms with Gasteiger partial charge in [0.2, 0.25) is 0 Å². The van der Waals surface area contributed by atoms with Crippen LogP contribution in [0.5, 0.6) is 0 Å². The van der Waals surface area contributed by atoms with Crippen LogP contribution in [-0.2, 0) is 23.7 Å². The molecule has 8 heteroatoms.